The molecule has 1 heteroatoms. The Bertz CT molecular complexity index is 274. The topological polar surface area (TPSA) is 12.9 Å². The predicted molar refractivity (Wildman–Crippen MR) is 59.6 cm³/mol. The molecule has 70 valence electrons. The van der Waals surface area contributed by atoms with Gasteiger partial charge in [0.2, 0.25) is 0 Å². The molecule has 0 fully saturated rings. The van der Waals surface area contributed by atoms with Crippen molar-refractivity contribution >= 4 is 6.08 Å². The minimum absolute atomic E-state index is 1.01. The second kappa shape index (κ2) is 7.29. The summed E-state index contributed by atoms with van der Waals surface area (Å²) in [6.45, 7) is 9.63. The van der Waals surface area contributed by atoms with Crippen LogP contribution in [-0.2, 0) is 0 Å². The molecule has 0 amide bonds. The van der Waals surface area contributed by atoms with Crippen LogP contribution in [0.1, 0.15) is 25.1 Å². The van der Waals surface area contributed by atoms with Gasteiger partial charge in [0, 0.05) is 6.20 Å². The first-order chi connectivity index (χ1) is 6.34. The summed E-state index contributed by atoms with van der Waals surface area (Å²) in [5.74, 6) is 0. The largest absolute Gasteiger partial charge is 0.257 e. The third-order valence-corrected chi connectivity index (χ3v) is 1.44. The molecule has 13 heavy (non-hydrogen) atoms. The van der Waals surface area contributed by atoms with Crippen LogP contribution < -0.4 is 0 Å². The molecule has 0 N–H and O–H groups in total. The molecule has 0 aliphatic rings. The molecule has 1 nitrogen and oxygen atoms in total. The maximum atomic E-state index is 4.18. The molecule has 0 unspecified atom stereocenters. The van der Waals surface area contributed by atoms with Crippen molar-refractivity contribution in [2.24, 2.45) is 0 Å². The molecular formula is C12H17N. The fourth-order valence-corrected chi connectivity index (χ4v) is 0.832. The summed E-state index contributed by atoms with van der Waals surface area (Å²) in [5.41, 5.74) is 2.19. The van der Waals surface area contributed by atoms with Crippen molar-refractivity contribution in [3.63, 3.8) is 0 Å². The third kappa shape index (κ3) is 4.26. The fraction of sp³-hybridized carbons (Fsp3) is 0.250. The van der Waals surface area contributed by atoms with Crippen LogP contribution in [0.2, 0.25) is 0 Å². The number of rotatable bonds is 2. The van der Waals surface area contributed by atoms with Gasteiger partial charge in [-0.15, -0.1) is 0 Å². The fourth-order valence-electron chi connectivity index (χ4n) is 0.832. The summed E-state index contributed by atoms with van der Waals surface area (Å²) in [6.07, 6.45) is 7.36. The zero-order valence-electron chi connectivity index (χ0n) is 8.62. The summed E-state index contributed by atoms with van der Waals surface area (Å²) in [5, 5.41) is 0. The first-order valence-electron chi connectivity index (χ1n) is 4.55. The molecule has 1 rings (SSSR count). The van der Waals surface area contributed by atoms with Crippen molar-refractivity contribution < 1.29 is 0 Å². The Morgan fingerprint density at radius 1 is 1.38 bits per heavy atom. The molecule has 1 aromatic heterocycles. The molecule has 0 radical (unpaired) electrons. The van der Waals surface area contributed by atoms with Gasteiger partial charge in [0.1, 0.15) is 0 Å². The highest BCUT2D eigenvalue weighted by Gasteiger charge is 1.89. The van der Waals surface area contributed by atoms with Crippen LogP contribution >= 0.6 is 0 Å². The lowest BCUT2D eigenvalue weighted by Crippen LogP contribution is -1.83. The molecule has 0 aromatic carbocycles. The van der Waals surface area contributed by atoms with E-state index in [0.717, 1.165) is 5.69 Å². The first-order valence-corrected chi connectivity index (χ1v) is 4.55. The average molecular weight is 175 g/mol. The SMILES string of the molecule is C=C/C=C\c1ncccc1C.CC. The number of pyridine rings is 1. The average Bonchev–Trinajstić information content (AvgIpc) is 2.20. The van der Waals surface area contributed by atoms with Crippen LogP contribution in [0.5, 0.6) is 0 Å². The van der Waals surface area contributed by atoms with Crippen LogP contribution in [0, 0.1) is 6.92 Å². The summed E-state index contributed by atoms with van der Waals surface area (Å²) in [7, 11) is 0. The number of nitrogens with zero attached hydrogens (tertiary/aromatic N) is 1. The predicted octanol–water partition coefficient (Wildman–Crippen LogP) is 3.62. The molecule has 0 aliphatic heterocycles. The van der Waals surface area contributed by atoms with Gasteiger partial charge in [-0.25, -0.2) is 0 Å². The molecule has 1 aromatic rings. The smallest absolute Gasteiger partial charge is 0.0658 e. The van der Waals surface area contributed by atoms with Gasteiger partial charge in [-0.2, -0.15) is 0 Å². The van der Waals surface area contributed by atoms with Gasteiger partial charge in [-0.1, -0.05) is 38.6 Å². The van der Waals surface area contributed by atoms with E-state index in [-0.39, 0.29) is 0 Å². The van der Waals surface area contributed by atoms with Gasteiger partial charge in [0.15, 0.2) is 0 Å². The van der Waals surface area contributed by atoms with E-state index in [1.54, 1.807) is 12.3 Å². The molecule has 0 spiro atoms. The van der Waals surface area contributed by atoms with E-state index in [2.05, 4.69) is 11.6 Å². The monoisotopic (exact) mass is 175 g/mol. The zero-order chi connectivity index (χ0) is 10.1. The zero-order valence-corrected chi connectivity index (χ0v) is 8.62. The maximum Gasteiger partial charge on any atom is 0.0658 e. The molecule has 0 saturated carbocycles. The van der Waals surface area contributed by atoms with Crippen molar-refractivity contribution in [1.82, 2.24) is 4.98 Å². The first kappa shape index (κ1) is 11.6. The van der Waals surface area contributed by atoms with E-state index >= 15 is 0 Å². The van der Waals surface area contributed by atoms with Crippen LogP contribution in [0.3, 0.4) is 0 Å². The Balaban J connectivity index is 0.000000671. The standard InChI is InChI=1S/C10H11N.C2H6/c1-3-4-7-10-9(2)6-5-8-11-10;1-2/h3-8H,1H2,2H3;1-2H3/b7-4-;. The summed E-state index contributed by atoms with van der Waals surface area (Å²) >= 11 is 0. The Labute approximate surface area is 80.8 Å². The van der Waals surface area contributed by atoms with E-state index in [4.69, 9.17) is 0 Å². The minimum Gasteiger partial charge on any atom is -0.257 e. The highest BCUT2D eigenvalue weighted by molar-refractivity contribution is 5.50. The van der Waals surface area contributed by atoms with Crippen molar-refractivity contribution in [3.05, 3.63) is 48.3 Å². The molecule has 0 atom stereocenters. The van der Waals surface area contributed by atoms with Crippen LogP contribution in [0.15, 0.2) is 37.1 Å². The highest BCUT2D eigenvalue weighted by Crippen LogP contribution is 2.04. The number of aryl methyl sites for hydroxylation is 1. The highest BCUT2D eigenvalue weighted by atomic mass is 14.7. The lowest BCUT2D eigenvalue weighted by atomic mass is 10.2. The van der Waals surface area contributed by atoms with Crippen LogP contribution in [-0.4, -0.2) is 4.98 Å². The van der Waals surface area contributed by atoms with Crippen LogP contribution in [0.25, 0.3) is 6.08 Å². The number of hydrogen-bond donors (Lipinski definition) is 0. The molecular weight excluding hydrogens is 158 g/mol. The Morgan fingerprint density at radius 2 is 2.08 bits per heavy atom. The van der Waals surface area contributed by atoms with Crippen molar-refractivity contribution in [3.8, 4) is 0 Å². The van der Waals surface area contributed by atoms with Gasteiger partial charge in [-0.3, -0.25) is 4.98 Å². The minimum atomic E-state index is 1.01. The van der Waals surface area contributed by atoms with Gasteiger partial charge in [0.25, 0.3) is 0 Å². The van der Waals surface area contributed by atoms with E-state index in [0.29, 0.717) is 0 Å². The number of allylic oxidation sites excluding steroid dienone is 2. The van der Waals surface area contributed by atoms with E-state index in [1.807, 2.05) is 45.1 Å². The molecule has 1 heterocycles. The second-order valence-corrected chi connectivity index (χ2v) is 2.30. The normalized spacial score (nSPS) is 9.15. The van der Waals surface area contributed by atoms with E-state index in [1.165, 1.54) is 5.56 Å². The van der Waals surface area contributed by atoms with Crippen LogP contribution in [0.4, 0.5) is 0 Å². The summed E-state index contributed by atoms with van der Waals surface area (Å²) in [4.78, 5) is 4.18. The lowest BCUT2D eigenvalue weighted by molar-refractivity contribution is 1.24. The number of aromatic nitrogens is 1. The van der Waals surface area contributed by atoms with Gasteiger partial charge in [0.05, 0.1) is 5.69 Å². The summed E-state index contributed by atoms with van der Waals surface area (Å²) < 4.78 is 0. The molecule has 0 saturated heterocycles. The lowest BCUT2D eigenvalue weighted by Gasteiger charge is -1.95. The van der Waals surface area contributed by atoms with Crippen molar-refractivity contribution in [1.29, 1.82) is 0 Å². The maximum absolute atomic E-state index is 4.18. The van der Waals surface area contributed by atoms with Gasteiger partial charge in [-0.05, 0) is 24.6 Å². The Morgan fingerprint density at radius 3 is 2.62 bits per heavy atom. The Hall–Kier alpha value is -1.37. The quantitative estimate of drug-likeness (QED) is 0.626. The van der Waals surface area contributed by atoms with Crippen molar-refractivity contribution in [2.45, 2.75) is 20.8 Å². The van der Waals surface area contributed by atoms with Crippen molar-refractivity contribution in [2.75, 3.05) is 0 Å². The van der Waals surface area contributed by atoms with Gasteiger partial charge >= 0.3 is 0 Å². The van der Waals surface area contributed by atoms with E-state index in [9.17, 15) is 0 Å². The van der Waals surface area contributed by atoms with Gasteiger partial charge < -0.3 is 0 Å². The molecule has 0 aliphatic carbocycles. The second-order valence-electron chi connectivity index (χ2n) is 2.30. The number of hydrogen-bond acceptors (Lipinski definition) is 1. The summed E-state index contributed by atoms with van der Waals surface area (Å²) in [6, 6.07) is 3.97. The third-order valence-electron chi connectivity index (χ3n) is 1.44. The molecule has 0 bridgehead atoms. The van der Waals surface area contributed by atoms with E-state index < -0.39 is 0 Å². The Kier molecular flexibility index (Phi) is 6.52.